The standard InChI is InChI=1S/C27H21Cl3N2O6S/c1-36-18-6-4-17(5-7-18)31-24(33)13-32-26(34)23(39-27(32)35)12-16-10-21(30)25(22(11-16)37-2)38-14-15-3-8-19(28)20(29)9-15/h3-12H,13-14H2,1-2H3,(H,31,33)/b23-12+. The second kappa shape index (κ2) is 12.7. The maximum absolute atomic E-state index is 12.9. The maximum Gasteiger partial charge on any atom is 0.294 e. The second-order valence-corrected chi connectivity index (χ2v) is 10.3. The molecule has 1 aliphatic heterocycles. The molecule has 1 saturated heterocycles. The van der Waals surface area contributed by atoms with Crippen LogP contribution in [0.5, 0.6) is 17.2 Å². The molecule has 3 aromatic carbocycles. The first-order valence-corrected chi connectivity index (χ1v) is 13.3. The van der Waals surface area contributed by atoms with E-state index in [1.807, 2.05) is 0 Å². The number of nitrogens with one attached hydrogen (secondary N) is 1. The highest BCUT2D eigenvalue weighted by atomic mass is 35.5. The first kappa shape index (κ1) is 28.6. The Balaban J connectivity index is 1.45. The molecule has 0 spiro atoms. The van der Waals surface area contributed by atoms with Gasteiger partial charge in [-0.15, -0.1) is 0 Å². The molecular weight excluding hydrogens is 587 g/mol. The van der Waals surface area contributed by atoms with Crippen LogP contribution in [0.4, 0.5) is 10.5 Å². The fourth-order valence-corrected chi connectivity index (χ4v) is 4.99. The van der Waals surface area contributed by atoms with E-state index in [0.717, 1.165) is 22.2 Å². The van der Waals surface area contributed by atoms with E-state index in [9.17, 15) is 14.4 Å². The van der Waals surface area contributed by atoms with Crippen LogP contribution in [0.15, 0.2) is 59.5 Å². The van der Waals surface area contributed by atoms with Gasteiger partial charge in [-0.3, -0.25) is 19.3 Å². The number of carbonyl (C=O) groups excluding carboxylic acids is 3. The minimum Gasteiger partial charge on any atom is -0.497 e. The zero-order chi connectivity index (χ0) is 28.1. The quantitative estimate of drug-likeness (QED) is 0.264. The number of thioether (sulfide) groups is 1. The smallest absolute Gasteiger partial charge is 0.294 e. The molecule has 0 aliphatic carbocycles. The van der Waals surface area contributed by atoms with Gasteiger partial charge in [-0.2, -0.15) is 0 Å². The van der Waals surface area contributed by atoms with Crippen LogP contribution in [0.3, 0.4) is 0 Å². The van der Waals surface area contributed by atoms with E-state index in [1.165, 1.54) is 20.3 Å². The molecule has 0 aromatic heterocycles. The Morgan fingerprint density at radius 3 is 2.36 bits per heavy atom. The minimum atomic E-state index is -0.593. The van der Waals surface area contributed by atoms with Crippen molar-refractivity contribution in [1.29, 1.82) is 0 Å². The molecule has 1 heterocycles. The monoisotopic (exact) mass is 606 g/mol. The summed E-state index contributed by atoms with van der Waals surface area (Å²) >= 11 is 19.2. The molecule has 202 valence electrons. The number of anilines is 1. The third-order valence-electron chi connectivity index (χ3n) is 5.47. The summed E-state index contributed by atoms with van der Waals surface area (Å²) in [4.78, 5) is 38.9. The van der Waals surface area contributed by atoms with Gasteiger partial charge in [0.15, 0.2) is 11.5 Å². The molecule has 1 N–H and O–H groups in total. The first-order chi connectivity index (χ1) is 18.7. The Labute approximate surface area is 243 Å². The second-order valence-electron chi connectivity index (χ2n) is 8.12. The van der Waals surface area contributed by atoms with Crippen LogP contribution in [0.25, 0.3) is 6.08 Å². The number of imide groups is 1. The molecular formula is C27H21Cl3N2O6S. The van der Waals surface area contributed by atoms with E-state index in [0.29, 0.717) is 38.5 Å². The average Bonchev–Trinajstić information content (AvgIpc) is 3.17. The van der Waals surface area contributed by atoms with Gasteiger partial charge < -0.3 is 19.5 Å². The predicted molar refractivity (Wildman–Crippen MR) is 153 cm³/mol. The molecule has 8 nitrogen and oxygen atoms in total. The highest BCUT2D eigenvalue weighted by Crippen LogP contribution is 2.39. The van der Waals surface area contributed by atoms with E-state index < -0.39 is 23.6 Å². The van der Waals surface area contributed by atoms with E-state index in [-0.39, 0.29) is 16.5 Å². The third-order valence-corrected chi connectivity index (χ3v) is 7.39. The first-order valence-electron chi connectivity index (χ1n) is 11.3. The summed E-state index contributed by atoms with van der Waals surface area (Å²) < 4.78 is 16.4. The number of rotatable bonds is 9. The lowest BCUT2D eigenvalue weighted by molar-refractivity contribution is -0.127. The number of amides is 3. The van der Waals surface area contributed by atoms with Crippen molar-refractivity contribution in [2.45, 2.75) is 6.61 Å². The predicted octanol–water partition coefficient (Wildman–Crippen LogP) is 6.92. The van der Waals surface area contributed by atoms with Gasteiger partial charge in [0, 0.05) is 5.69 Å². The number of carbonyl (C=O) groups is 3. The van der Waals surface area contributed by atoms with Crippen molar-refractivity contribution in [3.8, 4) is 17.2 Å². The van der Waals surface area contributed by atoms with Gasteiger partial charge in [-0.1, -0.05) is 40.9 Å². The van der Waals surface area contributed by atoms with Crippen molar-refractivity contribution in [3.05, 3.63) is 85.7 Å². The third kappa shape index (κ3) is 6.99. The van der Waals surface area contributed by atoms with Crippen molar-refractivity contribution >= 4 is 75.4 Å². The van der Waals surface area contributed by atoms with Gasteiger partial charge in [0.1, 0.15) is 18.9 Å². The van der Waals surface area contributed by atoms with Gasteiger partial charge in [-0.25, -0.2) is 0 Å². The molecule has 0 unspecified atom stereocenters. The molecule has 39 heavy (non-hydrogen) atoms. The molecule has 12 heteroatoms. The molecule has 3 aromatic rings. The molecule has 4 rings (SSSR count). The van der Waals surface area contributed by atoms with Crippen LogP contribution >= 0.6 is 46.6 Å². The topological polar surface area (TPSA) is 94.2 Å². The lowest BCUT2D eigenvalue weighted by atomic mass is 10.1. The fraction of sp³-hybridized carbons (Fsp3) is 0.148. The Hall–Kier alpha value is -3.37. The molecule has 0 bridgehead atoms. The summed E-state index contributed by atoms with van der Waals surface area (Å²) in [5.41, 5.74) is 1.79. The molecule has 0 saturated carbocycles. The van der Waals surface area contributed by atoms with Crippen molar-refractivity contribution in [3.63, 3.8) is 0 Å². The van der Waals surface area contributed by atoms with E-state index >= 15 is 0 Å². The summed E-state index contributed by atoms with van der Waals surface area (Å²) in [5, 5.41) is 3.16. The fourth-order valence-electron chi connectivity index (χ4n) is 3.55. The van der Waals surface area contributed by atoms with Crippen LogP contribution in [0.1, 0.15) is 11.1 Å². The highest BCUT2D eigenvalue weighted by molar-refractivity contribution is 8.18. The Morgan fingerprint density at radius 2 is 1.69 bits per heavy atom. The highest BCUT2D eigenvalue weighted by Gasteiger charge is 2.36. The number of ether oxygens (including phenoxy) is 3. The SMILES string of the molecule is COc1ccc(NC(=O)CN2C(=O)S/C(=C/c3cc(Cl)c(OCc4ccc(Cl)c(Cl)c4)c(OC)c3)C2=O)cc1. The number of methoxy groups -OCH3 is 2. The summed E-state index contributed by atoms with van der Waals surface area (Å²) in [6, 6.07) is 15.0. The lowest BCUT2D eigenvalue weighted by Crippen LogP contribution is -2.36. The zero-order valence-electron chi connectivity index (χ0n) is 20.6. The normalized spacial score (nSPS) is 14.1. The zero-order valence-corrected chi connectivity index (χ0v) is 23.7. The Kier molecular flexibility index (Phi) is 9.29. The average molecular weight is 608 g/mol. The van der Waals surface area contributed by atoms with Crippen molar-refractivity contribution in [2.24, 2.45) is 0 Å². The van der Waals surface area contributed by atoms with Crippen LogP contribution in [0, 0.1) is 0 Å². The largest absolute Gasteiger partial charge is 0.497 e. The molecule has 0 atom stereocenters. The maximum atomic E-state index is 12.9. The Bertz CT molecular complexity index is 1460. The molecule has 1 fully saturated rings. The van der Waals surface area contributed by atoms with E-state index in [2.05, 4.69) is 5.32 Å². The van der Waals surface area contributed by atoms with Gasteiger partial charge in [0.2, 0.25) is 5.91 Å². The molecule has 1 aliphatic rings. The number of nitrogens with zero attached hydrogens (tertiary/aromatic N) is 1. The van der Waals surface area contributed by atoms with Crippen LogP contribution < -0.4 is 19.5 Å². The van der Waals surface area contributed by atoms with Crippen LogP contribution in [0.2, 0.25) is 15.1 Å². The van der Waals surface area contributed by atoms with Gasteiger partial charge in [0.05, 0.1) is 34.2 Å². The number of hydrogen-bond acceptors (Lipinski definition) is 7. The molecule has 0 radical (unpaired) electrons. The summed E-state index contributed by atoms with van der Waals surface area (Å²) in [6.45, 7) is -0.274. The lowest BCUT2D eigenvalue weighted by Gasteiger charge is -2.14. The van der Waals surface area contributed by atoms with Gasteiger partial charge in [-0.05, 0) is 77.5 Å². The van der Waals surface area contributed by atoms with Crippen molar-refractivity contribution in [1.82, 2.24) is 4.90 Å². The number of benzene rings is 3. The molecule has 3 amide bonds. The van der Waals surface area contributed by atoms with Crippen molar-refractivity contribution < 1.29 is 28.6 Å². The van der Waals surface area contributed by atoms with Crippen LogP contribution in [-0.4, -0.2) is 42.7 Å². The summed E-state index contributed by atoms with van der Waals surface area (Å²) in [5.74, 6) is 0.145. The Morgan fingerprint density at radius 1 is 0.949 bits per heavy atom. The van der Waals surface area contributed by atoms with Crippen molar-refractivity contribution in [2.75, 3.05) is 26.1 Å². The minimum absolute atomic E-state index is 0.139. The van der Waals surface area contributed by atoms with Crippen LogP contribution in [-0.2, 0) is 16.2 Å². The summed E-state index contributed by atoms with van der Waals surface area (Å²) in [6.07, 6.45) is 1.50. The van der Waals surface area contributed by atoms with Gasteiger partial charge >= 0.3 is 0 Å². The van der Waals surface area contributed by atoms with E-state index in [1.54, 1.807) is 54.6 Å². The number of hydrogen-bond donors (Lipinski definition) is 1. The van der Waals surface area contributed by atoms with E-state index in [4.69, 9.17) is 49.0 Å². The van der Waals surface area contributed by atoms with Gasteiger partial charge in [0.25, 0.3) is 11.1 Å². The summed E-state index contributed by atoms with van der Waals surface area (Å²) in [7, 11) is 2.99. The number of halogens is 3.